The lowest BCUT2D eigenvalue weighted by molar-refractivity contribution is -0.106. The van der Waals surface area contributed by atoms with Crippen molar-refractivity contribution in [3.8, 4) is 11.5 Å². The fourth-order valence-corrected chi connectivity index (χ4v) is 1.32. The Balaban J connectivity index is 3.06. The molecule has 0 aliphatic carbocycles. The molecule has 0 N–H and O–H groups in total. The first-order valence-corrected chi connectivity index (χ1v) is 4.53. The summed E-state index contributed by atoms with van der Waals surface area (Å²) < 4.78 is 19.9. The minimum Gasteiger partial charge on any atom is -0.495 e. The van der Waals surface area contributed by atoms with Crippen molar-refractivity contribution >= 4 is 6.47 Å². The molecule has 0 aliphatic rings. The van der Waals surface area contributed by atoms with Gasteiger partial charge >= 0.3 is 6.47 Å². The van der Waals surface area contributed by atoms with Crippen molar-refractivity contribution < 1.29 is 23.7 Å². The second-order valence-corrected chi connectivity index (χ2v) is 2.93. The summed E-state index contributed by atoms with van der Waals surface area (Å²) in [6, 6.07) is 4.91. The number of ether oxygens (including phenoxy) is 4. The third-order valence-electron chi connectivity index (χ3n) is 2.00. The molecule has 0 fully saturated rings. The van der Waals surface area contributed by atoms with E-state index < -0.39 is 6.29 Å². The van der Waals surface area contributed by atoms with Gasteiger partial charge in [-0.2, -0.15) is 4.74 Å². The summed E-state index contributed by atoms with van der Waals surface area (Å²) in [4.78, 5) is 10.1. The number of rotatable bonds is 6. The molecule has 16 heavy (non-hydrogen) atoms. The van der Waals surface area contributed by atoms with E-state index in [4.69, 9.17) is 14.2 Å². The number of methoxy groups -OCH3 is 3. The lowest BCUT2D eigenvalue weighted by Gasteiger charge is -2.13. The summed E-state index contributed by atoms with van der Waals surface area (Å²) in [5.74, 6) is 0.866. The van der Waals surface area contributed by atoms with E-state index in [-0.39, 0.29) is 0 Å². The monoisotopic (exact) mass is 225 g/mol. The second kappa shape index (κ2) is 6.02. The highest BCUT2D eigenvalue weighted by molar-refractivity contribution is 5.49. The van der Waals surface area contributed by atoms with Crippen LogP contribution in [0.25, 0.3) is 0 Å². The van der Waals surface area contributed by atoms with E-state index in [0.717, 1.165) is 0 Å². The maximum Gasteiger partial charge on any atom is 0.575 e. The molecule has 1 aromatic carbocycles. The molecule has 0 bridgehead atoms. The highest BCUT2D eigenvalue weighted by Crippen LogP contribution is 2.28. The van der Waals surface area contributed by atoms with Gasteiger partial charge in [-0.15, -0.1) is 0 Å². The molecule has 5 heteroatoms. The Labute approximate surface area is 93.9 Å². The maximum absolute atomic E-state index is 10.1. The maximum atomic E-state index is 10.1. The Morgan fingerprint density at radius 1 is 1.06 bits per heavy atom. The number of carbonyl (C=O) groups excluding carboxylic acids is 1. The van der Waals surface area contributed by atoms with Crippen LogP contribution < -0.4 is 9.47 Å². The van der Waals surface area contributed by atoms with Gasteiger partial charge in [0.2, 0.25) is 0 Å². The molecular formula is C11H13O5+. The topological polar surface area (TPSA) is 54.0 Å². The van der Waals surface area contributed by atoms with Gasteiger partial charge in [-0.05, 0) is 6.07 Å². The molecule has 0 saturated carbocycles. The first kappa shape index (κ1) is 12.4. The normalized spacial score (nSPS) is 10.0. The first-order valence-electron chi connectivity index (χ1n) is 4.53. The third kappa shape index (κ3) is 2.90. The lowest BCUT2D eigenvalue weighted by atomic mass is 10.2. The minimum absolute atomic E-state index is 0.323. The molecule has 0 amide bonds. The Bertz CT molecular complexity index is 346. The summed E-state index contributed by atoms with van der Waals surface area (Å²) in [5.41, 5.74) is 0.689. The number of hydrogen-bond donors (Lipinski definition) is 0. The van der Waals surface area contributed by atoms with Crippen molar-refractivity contribution in [2.24, 2.45) is 0 Å². The van der Waals surface area contributed by atoms with Crippen LogP contribution in [0.15, 0.2) is 18.2 Å². The van der Waals surface area contributed by atoms with Crippen molar-refractivity contribution in [1.29, 1.82) is 0 Å². The predicted octanol–water partition coefficient (Wildman–Crippen LogP) is 1.43. The molecule has 0 saturated heterocycles. The Hall–Kier alpha value is -1.68. The van der Waals surface area contributed by atoms with E-state index in [1.54, 1.807) is 18.2 Å². The lowest BCUT2D eigenvalue weighted by Crippen LogP contribution is -2.04. The largest absolute Gasteiger partial charge is 0.575 e. The van der Waals surface area contributed by atoms with Gasteiger partial charge < -0.3 is 14.2 Å². The molecule has 5 nitrogen and oxygen atoms in total. The van der Waals surface area contributed by atoms with Crippen LogP contribution in [0.1, 0.15) is 11.9 Å². The van der Waals surface area contributed by atoms with Gasteiger partial charge in [0.1, 0.15) is 11.8 Å². The summed E-state index contributed by atoms with van der Waals surface area (Å²) in [5, 5.41) is 0. The molecule has 0 spiro atoms. The SMILES string of the molecule is COc1cc(O[C+]=O)cc(C(OC)OC)c1. The number of benzene rings is 1. The average molecular weight is 225 g/mol. The smallest absolute Gasteiger partial charge is 0.495 e. The van der Waals surface area contributed by atoms with Gasteiger partial charge in [-0.3, -0.25) is 0 Å². The van der Waals surface area contributed by atoms with E-state index in [1.807, 2.05) is 0 Å². The Morgan fingerprint density at radius 2 is 1.69 bits per heavy atom. The van der Waals surface area contributed by atoms with Gasteiger partial charge in [0.05, 0.1) is 13.2 Å². The zero-order valence-electron chi connectivity index (χ0n) is 9.35. The van der Waals surface area contributed by atoms with Crippen molar-refractivity contribution in [1.82, 2.24) is 0 Å². The zero-order chi connectivity index (χ0) is 12.0. The van der Waals surface area contributed by atoms with Gasteiger partial charge in [0, 0.05) is 19.8 Å². The van der Waals surface area contributed by atoms with Crippen molar-refractivity contribution in [2.75, 3.05) is 21.3 Å². The van der Waals surface area contributed by atoms with Crippen molar-refractivity contribution in [3.63, 3.8) is 0 Å². The van der Waals surface area contributed by atoms with Gasteiger partial charge in [0.15, 0.2) is 6.29 Å². The minimum atomic E-state index is -0.538. The first-order chi connectivity index (χ1) is 7.74. The van der Waals surface area contributed by atoms with Crippen LogP contribution in [0.3, 0.4) is 0 Å². The van der Waals surface area contributed by atoms with Crippen LogP contribution in [-0.2, 0) is 14.3 Å². The third-order valence-corrected chi connectivity index (χ3v) is 2.00. The molecule has 0 unspecified atom stereocenters. The zero-order valence-corrected chi connectivity index (χ0v) is 9.35. The summed E-state index contributed by atoms with van der Waals surface area (Å²) >= 11 is 0. The molecule has 0 aromatic heterocycles. The van der Waals surface area contributed by atoms with E-state index in [1.165, 1.54) is 27.8 Å². The molecule has 1 rings (SSSR count). The summed E-state index contributed by atoms with van der Waals surface area (Å²) in [6.45, 7) is 1.35. The van der Waals surface area contributed by atoms with Crippen LogP contribution in [0.2, 0.25) is 0 Å². The molecule has 0 atom stereocenters. The molecule has 0 aliphatic heterocycles. The van der Waals surface area contributed by atoms with Crippen LogP contribution >= 0.6 is 0 Å². The predicted molar refractivity (Wildman–Crippen MR) is 56.1 cm³/mol. The molecule has 0 radical (unpaired) electrons. The Morgan fingerprint density at radius 3 is 2.19 bits per heavy atom. The van der Waals surface area contributed by atoms with Gasteiger partial charge in [-0.25, -0.2) is 0 Å². The highest BCUT2D eigenvalue weighted by atomic mass is 16.7. The second-order valence-electron chi connectivity index (χ2n) is 2.93. The highest BCUT2D eigenvalue weighted by Gasteiger charge is 2.17. The molecular weight excluding hydrogens is 212 g/mol. The van der Waals surface area contributed by atoms with Crippen LogP contribution in [0.4, 0.5) is 0 Å². The fourth-order valence-electron chi connectivity index (χ4n) is 1.32. The van der Waals surface area contributed by atoms with Gasteiger partial charge in [0.25, 0.3) is 5.75 Å². The average Bonchev–Trinajstić information content (AvgIpc) is 2.31. The van der Waals surface area contributed by atoms with Gasteiger partial charge in [-0.1, -0.05) is 4.79 Å². The van der Waals surface area contributed by atoms with E-state index in [0.29, 0.717) is 17.1 Å². The molecule has 0 heterocycles. The Kier molecular flexibility index (Phi) is 4.66. The van der Waals surface area contributed by atoms with Crippen LogP contribution in [0, 0.1) is 0 Å². The summed E-state index contributed by atoms with van der Waals surface area (Å²) in [7, 11) is 4.54. The van der Waals surface area contributed by atoms with Crippen molar-refractivity contribution in [3.05, 3.63) is 23.8 Å². The van der Waals surface area contributed by atoms with Crippen LogP contribution in [0.5, 0.6) is 11.5 Å². The van der Waals surface area contributed by atoms with E-state index >= 15 is 0 Å². The van der Waals surface area contributed by atoms with Crippen molar-refractivity contribution in [2.45, 2.75) is 6.29 Å². The standard InChI is InChI=1S/C11H13O5/c1-13-9-4-8(11(14-2)15-3)5-10(6-9)16-7-12/h4-6,11H,1-3H3/q+1. The van der Waals surface area contributed by atoms with E-state index in [9.17, 15) is 4.79 Å². The fraction of sp³-hybridized carbons (Fsp3) is 0.364. The molecule has 1 aromatic rings. The quantitative estimate of drug-likeness (QED) is 0.541. The number of hydrogen-bond acceptors (Lipinski definition) is 5. The molecule has 86 valence electrons. The van der Waals surface area contributed by atoms with Crippen LogP contribution in [-0.4, -0.2) is 27.8 Å². The summed E-state index contributed by atoms with van der Waals surface area (Å²) in [6.07, 6.45) is -0.538. The van der Waals surface area contributed by atoms with E-state index in [2.05, 4.69) is 4.74 Å².